The fraction of sp³-hybridized carbons (Fsp3) is 0.0678. The summed E-state index contributed by atoms with van der Waals surface area (Å²) in [7, 11) is 0. The lowest BCUT2D eigenvalue weighted by molar-refractivity contribution is 1.23. The molecule has 0 fully saturated rings. The van der Waals surface area contributed by atoms with Gasteiger partial charge in [-0.2, -0.15) is 0 Å². The fourth-order valence-corrected chi connectivity index (χ4v) is 9.07. The molecule has 0 unspecified atom stereocenters. The highest BCUT2D eigenvalue weighted by Crippen LogP contribution is 2.42. The summed E-state index contributed by atoms with van der Waals surface area (Å²) in [6, 6.07) is 72.0. The Kier molecular flexibility index (Phi) is 10.1. The molecule has 0 saturated heterocycles. The summed E-state index contributed by atoms with van der Waals surface area (Å²) in [5.74, 6) is 0. The minimum Gasteiger partial charge on any atom is -0.310 e. The molecule has 11 aromatic rings. The van der Waals surface area contributed by atoms with Gasteiger partial charge >= 0.3 is 0 Å². The first-order valence-electron chi connectivity index (χ1n) is 21.6. The number of benzene rings is 9. The summed E-state index contributed by atoms with van der Waals surface area (Å²) in [5.41, 5.74) is 15.6. The number of pyridine rings is 1. The smallest absolute Gasteiger partial charge is 0.137 e. The molecule has 298 valence electrons. The van der Waals surface area contributed by atoms with Crippen molar-refractivity contribution in [3.8, 4) is 22.3 Å². The highest BCUT2D eigenvalue weighted by atomic mass is 15.1. The number of nitrogens with zero attached hydrogens (tertiary/aromatic N) is 3. The lowest BCUT2D eigenvalue weighted by Crippen LogP contribution is -2.15. The number of imidazole rings is 1. The third-order valence-electron chi connectivity index (χ3n) is 12.1. The number of anilines is 2. The van der Waals surface area contributed by atoms with E-state index in [1.54, 1.807) is 0 Å². The third kappa shape index (κ3) is 6.88. The van der Waals surface area contributed by atoms with Gasteiger partial charge in [0.1, 0.15) is 5.65 Å². The first kappa shape index (κ1) is 38.5. The number of aryl methyl sites for hydroxylation is 1. The van der Waals surface area contributed by atoms with Crippen LogP contribution < -0.4 is 4.90 Å². The van der Waals surface area contributed by atoms with Gasteiger partial charge < -0.3 is 4.90 Å². The van der Waals surface area contributed by atoms with Crippen molar-refractivity contribution in [2.45, 2.75) is 27.2 Å². The van der Waals surface area contributed by atoms with Crippen molar-refractivity contribution in [2.24, 2.45) is 0 Å². The average Bonchev–Trinajstić information content (AvgIpc) is 3.71. The van der Waals surface area contributed by atoms with E-state index in [1.807, 2.05) is 13.8 Å². The van der Waals surface area contributed by atoms with Crippen LogP contribution in [0.3, 0.4) is 0 Å². The number of rotatable bonds is 8. The third-order valence-corrected chi connectivity index (χ3v) is 12.1. The van der Waals surface area contributed by atoms with Crippen LogP contribution in [0.5, 0.6) is 0 Å². The van der Waals surface area contributed by atoms with Gasteiger partial charge in [0.05, 0.1) is 11.0 Å². The zero-order valence-electron chi connectivity index (χ0n) is 35.4. The Bertz CT molecular complexity index is 3430. The standard InChI is InChI=1S/C57H41N3.C2H6/c1-38-14-6-13-23-53(38)60(49-19-4-3-5-20-49)39(2)41-26-28-44(29-27-41)48-32-33-54-58-56-52(35-40-24-25-42-15-7-9-17-45(42)34-40)50-21-11-12-22-51(50)55(57(56)59(54)37-48)47-31-30-43-16-8-10-18-46(43)36-47;1-2/h3-34,36-37H,2,35H2,1H3;1-2H3. The maximum absolute atomic E-state index is 5.47. The van der Waals surface area contributed by atoms with Crippen LogP contribution in [0, 0.1) is 6.92 Å². The van der Waals surface area contributed by atoms with E-state index in [4.69, 9.17) is 4.98 Å². The van der Waals surface area contributed by atoms with Crippen LogP contribution in [0.4, 0.5) is 11.4 Å². The zero-order chi connectivity index (χ0) is 42.2. The normalized spacial score (nSPS) is 11.3. The van der Waals surface area contributed by atoms with Gasteiger partial charge in [-0.15, -0.1) is 0 Å². The Morgan fingerprint density at radius 2 is 1.15 bits per heavy atom. The van der Waals surface area contributed by atoms with E-state index in [0.717, 1.165) is 56.9 Å². The van der Waals surface area contributed by atoms with Gasteiger partial charge in [-0.1, -0.05) is 184 Å². The highest BCUT2D eigenvalue weighted by Gasteiger charge is 2.22. The molecule has 62 heavy (non-hydrogen) atoms. The zero-order valence-corrected chi connectivity index (χ0v) is 35.4. The maximum atomic E-state index is 5.47. The van der Waals surface area contributed by atoms with Crippen LogP contribution in [0.1, 0.15) is 36.1 Å². The monoisotopic (exact) mass is 797 g/mol. The van der Waals surface area contributed by atoms with E-state index in [9.17, 15) is 0 Å². The molecule has 9 aromatic carbocycles. The number of hydrogen-bond acceptors (Lipinski definition) is 2. The van der Waals surface area contributed by atoms with Gasteiger partial charge in [0.2, 0.25) is 0 Å². The Balaban J connectivity index is 0.00000226. The lowest BCUT2D eigenvalue weighted by Gasteiger charge is -2.29. The van der Waals surface area contributed by atoms with Crippen LogP contribution in [-0.4, -0.2) is 9.38 Å². The molecule has 0 amide bonds. The van der Waals surface area contributed by atoms with Crippen molar-refractivity contribution in [3.05, 3.63) is 235 Å². The number of aromatic nitrogens is 2. The second-order valence-corrected chi connectivity index (χ2v) is 15.8. The molecule has 2 heterocycles. The van der Waals surface area contributed by atoms with Crippen molar-refractivity contribution in [1.29, 1.82) is 0 Å². The van der Waals surface area contributed by atoms with Gasteiger partial charge in [0.15, 0.2) is 0 Å². The quantitative estimate of drug-likeness (QED) is 0.153. The average molecular weight is 798 g/mol. The number of hydrogen-bond donors (Lipinski definition) is 0. The van der Waals surface area contributed by atoms with Crippen LogP contribution >= 0.6 is 0 Å². The Labute approximate surface area is 363 Å². The largest absolute Gasteiger partial charge is 0.310 e. The molecule has 0 bridgehead atoms. The topological polar surface area (TPSA) is 20.5 Å². The molecule has 3 heteroatoms. The van der Waals surface area contributed by atoms with Crippen molar-refractivity contribution >= 4 is 66.1 Å². The minimum absolute atomic E-state index is 0.768. The molecule has 0 aliphatic heterocycles. The molecule has 3 nitrogen and oxygen atoms in total. The molecular weight excluding hydrogens is 751 g/mol. The molecule has 0 aliphatic rings. The van der Waals surface area contributed by atoms with E-state index in [1.165, 1.54) is 60.1 Å². The molecule has 0 N–H and O–H groups in total. The predicted octanol–water partition coefficient (Wildman–Crippen LogP) is 16.0. The minimum atomic E-state index is 0.768. The molecule has 0 saturated carbocycles. The predicted molar refractivity (Wildman–Crippen MR) is 265 cm³/mol. The van der Waals surface area contributed by atoms with Gasteiger partial charge in [-0.05, 0) is 115 Å². The fourth-order valence-electron chi connectivity index (χ4n) is 9.07. The van der Waals surface area contributed by atoms with E-state index in [0.29, 0.717) is 0 Å². The van der Waals surface area contributed by atoms with E-state index in [2.05, 4.69) is 229 Å². The van der Waals surface area contributed by atoms with Crippen LogP contribution in [0.2, 0.25) is 0 Å². The molecule has 0 spiro atoms. The van der Waals surface area contributed by atoms with Gasteiger partial charge in [0, 0.05) is 35.3 Å². The first-order valence-corrected chi connectivity index (χ1v) is 21.6. The summed E-state index contributed by atoms with van der Waals surface area (Å²) in [6.45, 7) is 10.8. The van der Waals surface area contributed by atoms with Gasteiger partial charge in [0.25, 0.3) is 0 Å². The Hall–Kier alpha value is -7.75. The highest BCUT2D eigenvalue weighted by molar-refractivity contribution is 6.14. The summed E-state index contributed by atoms with van der Waals surface area (Å²) in [6.07, 6.45) is 3.04. The molecule has 0 atom stereocenters. The van der Waals surface area contributed by atoms with Crippen molar-refractivity contribution in [1.82, 2.24) is 9.38 Å². The number of para-hydroxylation sites is 2. The van der Waals surface area contributed by atoms with E-state index in [-0.39, 0.29) is 0 Å². The molecule has 0 radical (unpaired) electrons. The van der Waals surface area contributed by atoms with Crippen molar-refractivity contribution in [2.75, 3.05) is 4.90 Å². The summed E-state index contributed by atoms with van der Waals surface area (Å²) >= 11 is 0. The Morgan fingerprint density at radius 1 is 0.548 bits per heavy atom. The van der Waals surface area contributed by atoms with Gasteiger partial charge in [-0.25, -0.2) is 4.98 Å². The number of fused-ring (bicyclic) bond motifs is 6. The second kappa shape index (κ2) is 16.4. The van der Waals surface area contributed by atoms with Crippen LogP contribution in [0.15, 0.2) is 213 Å². The van der Waals surface area contributed by atoms with Crippen LogP contribution in [0.25, 0.3) is 76.9 Å². The second-order valence-electron chi connectivity index (χ2n) is 15.8. The molecular formula is C59H47N3. The van der Waals surface area contributed by atoms with Crippen molar-refractivity contribution < 1.29 is 0 Å². The van der Waals surface area contributed by atoms with Crippen molar-refractivity contribution in [3.63, 3.8) is 0 Å². The lowest BCUT2D eigenvalue weighted by atomic mass is 9.89. The first-order chi connectivity index (χ1) is 30.6. The molecule has 2 aromatic heterocycles. The van der Waals surface area contributed by atoms with E-state index >= 15 is 0 Å². The molecule has 0 aliphatic carbocycles. The Morgan fingerprint density at radius 3 is 1.89 bits per heavy atom. The SMILES string of the molecule is C=C(c1ccc(-c2ccc3nc4c(Cc5ccc6ccccc6c5)c5ccccc5c(-c5ccc6ccccc6c5)c4n3c2)cc1)N(c1ccccc1)c1ccccc1C.CC. The summed E-state index contributed by atoms with van der Waals surface area (Å²) < 4.78 is 2.33. The molecule has 11 rings (SSSR count). The summed E-state index contributed by atoms with van der Waals surface area (Å²) in [5, 5.41) is 7.41. The van der Waals surface area contributed by atoms with Gasteiger partial charge in [-0.3, -0.25) is 4.40 Å². The summed E-state index contributed by atoms with van der Waals surface area (Å²) in [4.78, 5) is 7.73. The van der Waals surface area contributed by atoms with Crippen LogP contribution in [-0.2, 0) is 6.42 Å². The van der Waals surface area contributed by atoms with E-state index < -0.39 is 0 Å². The maximum Gasteiger partial charge on any atom is 0.137 e.